The van der Waals surface area contributed by atoms with E-state index in [0.717, 1.165) is 15.4 Å². The van der Waals surface area contributed by atoms with Gasteiger partial charge in [-0.25, -0.2) is 12.8 Å². The number of carbonyl (C=O) groups excluding carboxylic acids is 2. The molecule has 9 heteroatoms. The number of sulfonamides is 1. The van der Waals surface area contributed by atoms with Crippen LogP contribution in [0, 0.1) is 26.6 Å². The zero-order valence-electron chi connectivity index (χ0n) is 23.9. The van der Waals surface area contributed by atoms with Crippen LogP contribution in [0.2, 0.25) is 0 Å². The van der Waals surface area contributed by atoms with Crippen molar-refractivity contribution in [2.45, 2.75) is 71.5 Å². The van der Waals surface area contributed by atoms with Crippen molar-refractivity contribution in [3.05, 3.63) is 94.8 Å². The zero-order valence-corrected chi connectivity index (χ0v) is 24.8. The smallest absolute Gasteiger partial charge is 0.264 e. The molecular formula is C31H38FN3O4S. The lowest BCUT2D eigenvalue weighted by atomic mass is 10.1. The Bertz CT molecular complexity index is 1460. The maximum absolute atomic E-state index is 14.7. The zero-order chi connectivity index (χ0) is 29.6. The van der Waals surface area contributed by atoms with E-state index >= 15 is 0 Å². The molecule has 7 nitrogen and oxygen atoms in total. The minimum atomic E-state index is -4.18. The molecule has 214 valence electrons. The van der Waals surface area contributed by atoms with Crippen LogP contribution < -0.4 is 9.62 Å². The van der Waals surface area contributed by atoms with Crippen molar-refractivity contribution < 1.29 is 22.4 Å². The van der Waals surface area contributed by atoms with E-state index in [4.69, 9.17) is 0 Å². The van der Waals surface area contributed by atoms with E-state index in [-0.39, 0.29) is 23.0 Å². The molecule has 0 saturated carbocycles. The Morgan fingerprint density at radius 2 is 1.55 bits per heavy atom. The number of rotatable bonds is 11. The Balaban J connectivity index is 2.08. The normalized spacial score (nSPS) is 12.9. The van der Waals surface area contributed by atoms with E-state index in [2.05, 4.69) is 5.32 Å². The highest BCUT2D eigenvalue weighted by Crippen LogP contribution is 2.29. The molecule has 2 atom stereocenters. The van der Waals surface area contributed by atoms with Crippen LogP contribution in [0.1, 0.15) is 49.4 Å². The number of amides is 2. The maximum atomic E-state index is 14.7. The summed E-state index contributed by atoms with van der Waals surface area (Å²) in [7, 11) is -4.18. The molecule has 0 aliphatic rings. The molecule has 0 heterocycles. The third kappa shape index (κ3) is 7.27. The third-order valence-corrected chi connectivity index (χ3v) is 8.76. The molecule has 1 N–H and O–H groups in total. The molecular weight excluding hydrogens is 529 g/mol. The topological polar surface area (TPSA) is 86.8 Å². The largest absolute Gasteiger partial charge is 0.352 e. The standard InChI is InChI=1S/C31H38FN3O4S/c1-7-24(5)33-31(37)25(6)34(19-26-10-8-9-11-28(26)32)30(36)20-35(29-18-22(3)12-15-23(29)4)40(38,39)27-16-13-21(2)14-17-27/h8-18,24-25H,7,19-20H2,1-6H3,(H,33,37). The van der Waals surface area contributed by atoms with E-state index in [9.17, 15) is 22.4 Å². The van der Waals surface area contributed by atoms with Crippen molar-refractivity contribution in [1.82, 2.24) is 10.2 Å². The third-order valence-electron chi connectivity index (χ3n) is 6.99. The number of halogens is 1. The molecule has 0 spiro atoms. The van der Waals surface area contributed by atoms with Crippen molar-refractivity contribution in [3.63, 3.8) is 0 Å². The summed E-state index contributed by atoms with van der Waals surface area (Å²) >= 11 is 0. The fourth-order valence-corrected chi connectivity index (χ4v) is 5.67. The first kappa shape index (κ1) is 30.8. The minimum Gasteiger partial charge on any atom is -0.352 e. The predicted molar refractivity (Wildman–Crippen MR) is 156 cm³/mol. The van der Waals surface area contributed by atoms with Gasteiger partial charge in [-0.1, -0.05) is 55.0 Å². The van der Waals surface area contributed by atoms with Gasteiger partial charge in [0.25, 0.3) is 10.0 Å². The molecule has 0 radical (unpaired) electrons. The van der Waals surface area contributed by atoms with Gasteiger partial charge < -0.3 is 10.2 Å². The van der Waals surface area contributed by atoms with Gasteiger partial charge in [-0.05, 0) is 76.4 Å². The first-order valence-corrected chi connectivity index (χ1v) is 14.8. The Kier molecular flexibility index (Phi) is 10.1. The van der Waals surface area contributed by atoms with Gasteiger partial charge in [0.2, 0.25) is 11.8 Å². The van der Waals surface area contributed by atoms with Gasteiger partial charge in [0.15, 0.2) is 0 Å². The summed E-state index contributed by atoms with van der Waals surface area (Å²) in [5, 5.41) is 2.87. The second kappa shape index (κ2) is 13.1. The van der Waals surface area contributed by atoms with Gasteiger partial charge in [0, 0.05) is 18.2 Å². The van der Waals surface area contributed by atoms with Crippen LogP contribution in [0.25, 0.3) is 0 Å². The molecule has 0 aromatic heterocycles. The van der Waals surface area contributed by atoms with Crippen LogP contribution in [-0.2, 0) is 26.2 Å². The van der Waals surface area contributed by atoms with Crippen LogP contribution >= 0.6 is 0 Å². The number of nitrogens with zero attached hydrogens (tertiary/aromatic N) is 2. The van der Waals surface area contributed by atoms with E-state index in [1.165, 1.54) is 23.1 Å². The average Bonchev–Trinajstić information content (AvgIpc) is 2.92. The second-order valence-corrected chi connectivity index (χ2v) is 12.1. The summed E-state index contributed by atoms with van der Waals surface area (Å²) in [5.41, 5.74) is 2.96. The first-order chi connectivity index (χ1) is 18.8. The molecule has 3 aromatic carbocycles. The first-order valence-electron chi connectivity index (χ1n) is 13.3. The highest BCUT2D eigenvalue weighted by molar-refractivity contribution is 7.92. The van der Waals surface area contributed by atoms with E-state index in [0.29, 0.717) is 17.7 Å². The Morgan fingerprint density at radius 3 is 2.17 bits per heavy atom. The van der Waals surface area contributed by atoms with E-state index in [1.807, 2.05) is 33.8 Å². The fraction of sp³-hybridized carbons (Fsp3) is 0.355. The lowest BCUT2D eigenvalue weighted by Gasteiger charge is -2.33. The molecule has 0 bridgehead atoms. The van der Waals surface area contributed by atoms with Gasteiger partial charge in [-0.15, -0.1) is 0 Å². The van der Waals surface area contributed by atoms with Crippen LogP contribution in [0.5, 0.6) is 0 Å². The van der Waals surface area contributed by atoms with Crippen molar-refractivity contribution in [2.75, 3.05) is 10.8 Å². The number of aryl methyl sites for hydroxylation is 3. The molecule has 40 heavy (non-hydrogen) atoms. The van der Waals surface area contributed by atoms with Gasteiger partial charge in [-0.3, -0.25) is 13.9 Å². The summed E-state index contributed by atoms with van der Waals surface area (Å²) in [6.45, 7) is 10.0. The van der Waals surface area contributed by atoms with Gasteiger partial charge in [0.05, 0.1) is 10.6 Å². The average molecular weight is 568 g/mol. The molecule has 0 aliphatic heterocycles. The highest BCUT2D eigenvalue weighted by Gasteiger charge is 2.33. The van der Waals surface area contributed by atoms with E-state index in [1.54, 1.807) is 56.3 Å². The predicted octanol–water partition coefficient (Wildman–Crippen LogP) is 5.28. The summed E-state index contributed by atoms with van der Waals surface area (Å²) in [4.78, 5) is 28.4. The Morgan fingerprint density at radius 1 is 0.925 bits per heavy atom. The Labute approximate surface area is 237 Å². The summed E-state index contributed by atoms with van der Waals surface area (Å²) in [5.74, 6) is -1.56. The fourth-order valence-electron chi connectivity index (χ4n) is 4.20. The molecule has 0 fully saturated rings. The van der Waals surface area contributed by atoms with Crippen molar-refractivity contribution in [1.29, 1.82) is 0 Å². The number of anilines is 1. The molecule has 2 amide bonds. The number of hydrogen-bond donors (Lipinski definition) is 1. The number of benzene rings is 3. The summed E-state index contributed by atoms with van der Waals surface area (Å²) in [6.07, 6.45) is 0.689. The van der Waals surface area contributed by atoms with Crippen LogP contribution in [0.3, 0.4) is 0 Å². The van der Waals surface area contributed by atoms with Crippen LogP contribution in [0.15, 0.2) is 71.6 Å². The number of nitrogens with one attached hydrogen (secondary N) is 1. The lowest BCUT2D eigenvalue weighted by molar-refractivity contribution is -0.139. The number of hydrogen-bond acceptors (Lipinski definition) is 4. The SMILES string of the molecule is CCC(C)NC(=O)C(C)N(Cc1ccccc1F)C(=O)CN(c1cc(C)ccc1C)S(=O)(=O)c1ccc(C)cc1. The maximum Gasteiger partial charge on any atom is 0.264 e. The van der Waals surface area contributed by atoms with Crippen LogP contribution in [0.4, 0.5) is 10.1 Å². The van der Waals surface area contributed by atoms with Crippen LogP contribution in [-0.4, -0.2) is 43.8 Å². The van der Waals surface area contributed by atoms with Crippen molar-refractivity contribution >= 4 is 27.5 Å². The molecule has 2 unspecified atom stereocenters. The van der Waals surface area contributed by atoms with E-state index < -0.39 is 40.2 Å². The van der Waals surface area contributed by atoms with Crippen molar-refractivity contribution in [3.8, 4) is 0 Å². The quantitative estimate of drug-likeness (QED) is 0.342. The monoisotopic (exact) mass is 567 g/mol. The van der Waals surface area contributed by atoms with Gasteiger partial charge >= 0.3 is 0 Å². The number of carbonyl (C=O) groups is 2. The molecule has 3 rings (SSSR count). The molecule has 3 aromatic rings. The van der Waals surface area contributed by atoms with Gasteiger partial charge in [0.1, 0.15) is 18.4 Å². The molecule has 0 aliphatic carbocycles. The molecule has 0 saturated heterocycles. The van der Waals surface area contributed by atoms with Crippen molar-refractivity contribution in [2.24, 2.45) is 0 Å². The lowest BCUT2D eigenvalue weighted by Crippen LogP contribution is -2.52. The minimum absolute atomic E-state index is 0.0371. The van der Waals surface area contributed by atoms with Gasteiger partial charge in [-0.2, -0.15) is 0 Å². The second-order valence-electron chi connectivity index (χ2n) is 10.2. The Hall–Kier alpha value is -3.72. The summed E-state index contributed by atoms with van der Waals surface area (Å²) in [6, 6.07) is 16.7. The summed E-state index contributed by atoms with van der Waals surface area (Å²) < 4.78 is 43.7. The highest BCUT2D eigenvalue weighted by atomic mass is 32.2.